The molecule has 0 fully saturated rings. The van der Waals surface area contributed by atoms with Crippen LogP contribution in [0.2, 0.25) is 0 Å². The molecule has 3 heteroatoms. The zero-order chi connectivity index (χ0) is 8.53. The molecule has 1 unspecified atom stereocenters. The van der Waals surface area contributed by atoms with Gasteiger partial charge in [0.2, 0.25) is 0 Å². The summed E-state index contributed by atoms with van der Waals surface area (Å²) in [5, 5.41) is 0. The van der Waals surface area contributed by atoms with Crippen LogP contribution in [0.4, 0.5) is 0 Å². The van der Waals surface area contributed by atoms with E-state index in [1.54, 1.807) is 0 Å². The minimum Gasteiger partial charge on any atom is -0.271 e. The minimum absolute atomic E-state index is 0.466. The smallest absolute Gasteiger partial charge is 0.0224 e. The highest BCUT2D eigenvalue weighted by molar-refractivity contribution is 6.17. The second kappa shape index (κ2) is 8.31. The van der Waals surface area contributed by atoms with Crippen molar-refractivity contribution in [3.63, 3.8) is 0 Å². The number of rotatable bonds is 7. The summed E-state index contributed by atoms with van der Waals surface area (Å²) >= 11 is 5.57. The average molecular weight is 179 g/mol. The van der Waals surface area contributed by atoms with E-state index in [0.717, 1.165) is 18.7 Å². The van der Waals surface area contributed by atoms with Gasteiger partial charge in [0.25, 0.3) is 0 Å². The van der Waals surface area contributed by atoms with Crippen LogP contribution in [0.1, 0.15) is 39.0 Å². The largest absolute Gasteiger partial charge is 0.271 e. The van der Waals surface area contributed by atoms with Crippen LogP contribution in [0.15, 0.2) is 0 Å². The molecule has 0 aromatic heterocycles. The molecule has 0 saturated heterocycles. The zero-order valence-electron chi connectivity index (χ0n) is 7.28. The van der Waals surface area contributed by atoms with Crippen molar-refractivity contribution in [1.82, 2.24) is 5.43 Å². The van der Waals surface area contributed by atoms with Gasteiger partial charge in [-0.1, -0.05) is 19.8 Å². The number of hydrogen-bond donors (Lipinski definition) is 2. The van der Waals surface area contributed by atoms with Gasteiger partial charge in [-0.2, -0.15) is 0 Å². The summed E-state index contributed by atoms with van der Waals surface area (Å²) in [5.41, 5.74) is 2.81. The lowest BCUT2D eigenvalue weighted by Crippen LogP contribution is -2.35. The summed E-state index contributed by atoms with van der Waals surface area (Å²) in [6.07, 6.45) is 5.81. The first kappa shape index (κ1) is 11.2. The third-order valence-corrected chi connectivity index (χ3v) is 2.10. The summed E-state index contributed by atoms with van der Waals surface area (Å²) in [5.74, 6) is 6.10. The van der Waals surface area contributed by atoms with Crippen LogP contribution >= 0.6 is 11.6 Å². The van der Waals surface area contributed by atoms with E-state index in [0.29, 0.717) is 6.04 Å². The van der Waals surface area contributed by atoms with Gasteiger partial charge in [-0.05, 0) is 19.3 Å². The van der Waals surface area contributed by atoms with Crippen LogP contribution in [0.5, 0.6) is 0 Å². The average Bonchev–Trinajstić information content (AvgIpc) is 2.05. The van der Waals surface area contributed by atoms with Gasteiger partial charge >= 0.3 is 0 Å². The SMILES string of the molecule is CCCCC(CCCCl)NN. The predicted molar refractivity (Wildman–Crippen MR) is 50.6 cm³/mol. The summed E-state index contributed by atoms with van der Waals surface area (Å²) in [4.78, 5) is 0. The Morgan fingerprint density at radius 1 is 1.36 bits per heavy atom. The van der Waals surface area contributed by atoms with Crippen molar-refractivity contribution >= 4 is 11.6 Å². The zero-order valence-corrected chi connectivity index (χ0v) is 8.03. The number of hydrogen-bond acceptors (Lipinski definition) is 2. The second-order valence-electron chi connectivity index (χ2n) is 2.84. The maximum atomic E-state index is 5.57. The third kappa shape index (κ3) is 6.60. The standard InChI is InChI=1S/C8H19ClN2/c1-2-3-5-8(11-10)6-4-7-9/h8,11H,2-7,10H2,1H3. The van der Waals surface area contributed by atoms with Crippen LogP contribution in [-0.4, -0.2) is 11.9 Å². The van der Waals surface area contributed by atoms with Crippen LogP contribution in [0.25, 0.3) is 0 Å². The first-order valence-corrected chi connectivity index (χ1v) is 4.90. The molecule has 0 heterocycles. The van der Waals surface area contributed by atoms with E-state index < -0.39 is 0 Å². The topological polar surface area (TPSA) is 38.0 Å². The second-order valence-corrected chi connectivity index (χ2v) is 3.21. The number of alkyl halides is 1. The van der Waals surface area contributed by atoms with Crippen molar-refractivity contribution in [2.45, 2.75) is 45.1 Å². The molecule has 0 amide bonds. The predicted octanol–water partition coefficient (Wildman–Crippen LogP) is 2.03. The molecule has 11 heavy (non-hydrogen) atoms. The van der Waals surface area contributed by atoms with E-state index in [1.807, 2.05) is 0 Å². The molecule has 0 bridgehead atoms. The van der Waals surface area contributed by atoms with E-state index in [1.165, 1.54) is 19.3 Å². The molecule has 0 rings (SSSR count). The molecule has 1 atom stereocenters. The summed E-state index contributed by atoms with van der Waals surface area (Å²) in [6, 6.07) is 0.466. The Kier molecular flexibility index (Phi) is 8.47. The van der Waals surface area contributed by atoms with Crippen LogP contribution in [-0.2, 0) is 0 Å². The van der Waals surface area contributed by atoms with E-state index >= 15 is 0 Å². The van der Waals surface area contributed by atoms with Gasteiger partial charge < -0.3 is 0 Å². The van der Waals surface area contributed by atoms with Crippen molar-refractivity contribution in [1.29, 1.82) is 0 Å². The maximum Gasteiger partial charge on any atom is 0.0224 e. The van der Waals surface area contributed by atoms with E-state index in [9.17, 15) is 0 Å². The molecular weight excluding hydrogens is 160 g/mol. The van der Waals surface area contributed by atoms with Gasteiger partial charge in [-0.15, -0.1) is 11.6 Å². The third-order valence-electron chi connectivity index (χ3n) is 1.83. The first-order valence-electron chi connectivity index (χ1n) is 4.37. The summed E-state index contributed by atoms with van der Waals surface area (Å²) in [7, 11) is 0. The van der Waals surface area contributed by atoms with Crippen molar-refractivity contribution in [2.75, 3.05) is 5.88 Å². The van der Waals surface area contributed by atoms with Crippen molar-refractivity contribution in [2.24, 2.45) is 5.84 Å². The molecule has 0 saturated carbocycles. The molecule has 2 nitrogen and oxygen atoms in total. The van der Waals surface area contributed by atoms with Gasteiger partial charge in [0.1, 0.15) is 0 Å². The lowest BCUT2D eigenvalue weighted by Gasteiger charge is -2.13. The first-order chi connectivity index (χ1) is 5.35. The Morgan fingerprint density at radius 2 is 2.00 bits per heavy atom. The Morgan fingerprint density at radius 3 is 2.45 bits per heavy atom. The Hall–Kier alpha value is 0.210. The summed E-state index contributed by atoms with van der Waals surface area (Å²) in [6.45, 7) is 2.19. The van der Waals surface area contributed by atoms with Crippen LogP contribution in [0, 0.1) is 0 Å². The number of hydrazine groups is 1. The molecule has 0 aromatic rings. The van der Waals surface area contributed by atoms with E-state index in [-0.39, 0.29) is 0 Å². The molecule has 0 aromatic carbocycles. The quantitative estimate of drug-likeness (QED) is 0.356. The molecule has 3 N–H and O–H groups in total. The monoisotopic (exact) mass is 178 g/mol. The highest BCUT2D eigenvalue weighted by Gasteiger charge is 2.03. The van der Waals surface area contributed by atoms with Gasteiger partial charge in [-0.25, -0.2) is 0 Å². The number of halogens is 1. The van der Waals surface area contributed by atoms with Gasteiger partial charge in [0.15, 0.2) is 0 Å². The molecule has 0 spiro atoms. The highest BCUT2D eigenvalue weighted by Crippen LogP contribution is 2.06. The fourth-order valence-corrected chi connectivity index (χ4v) is 1.24. The maximum absolute atomic E-state index is 5.57. The fraction of sp³-hybridized carbons (Fsp3) is 1.00. The van der Waals surface area contributed by atoms with Crippen LogP contribution in [0.3, 0.4) is 0 Å². The normalized spacial score (nSPS) is 13.4. The van der Waals surface area contributed by atoms with E-state index in [4.69, 9.17) is 17.4 Å². The van der Waals surface area contributed by atoms with E-state index in [2.05, 4.69) is 12.3 Å². The van der Waals surface area contributed by atoms with Gasteiger partial charge in [0.05, 0.1) is 0 Å². The number of nitrogens with two attached hydrogens (primary N) is 1. The lowest BCUT2D eigenvalue weighted by molar-refractivity contribution is 0.446. The minimum atomic E-state index is 0.466. The molecule has 68 valence electrons. The Labute approximate surface area is 74.5 Å². The van der Waals surface area contributed by atoms with Crippen molar-refractivity contribution in [3.8, 4) is 0 Å². The van der Waals surface area contributed by atoms with Crippen molar-refractivity contribution < 1.29 is 0 Å². The summed E-state index contributed by atoms with van der Waals surface area (Å²) < 4.78 is 0. The number of unbranched alkanes of at least 4 members (excludes halogenated alkanes) is 1. The molecular formula is C8H19ClN2. The highest BCUT2D eigenvalue weighted by atomic mass is 35.5. The van der Waals surface area contributed by atoms with Gasteiger partial charge in [0, 0.05) is 11.9 Å². The van der Waals surface area contributed by atoms with Crippen LogP contribution < -0.4 is 11.3 Å². The Balaban J connectivity index is 3.25. The molecule has 0 radical (unpaired) electrons. The molecule has 0 aliphatic heterocycles. The lowest BCUT2D eigenvalue weighted by atomic mass is 10.1. The Bertz CT molecular complexity index is 70.5. The molecule has 0 aliphatic rings. The fourth-order valence-electron chi connectivity index (χ4n) is 1.09. The van der Waals surface area contributed by atoms with Crippen molar-refractivity contribution in [3.05, 3.63) is 0 Å². The molecule has 0 aliphatic carbocycles. The van der Waals surface area contributed by atoms with Gasteiger partial charge in [-0.3, -0.25) is 11.3 Å². The number of nitrogens with one attached hydrogen (secondary N) is 1.